The van der Waals surface area contributed by atoms with Crippen molar-refractivity contribution in [2.45, 2.75) is 46.5 Å². The number of benzene rings is 3. The van der Waals surface area contributed by atoms with E-state index in [1.54, 1.807) is 5.30 Å². The van der Waals surface area contributed by atoms with Gasteiger partial charge in [0.25, 0.3) is 0 Å². The van der Waals surface area contributed by atoms with Gasteiger partial charge in [-0.2, -0.15) is 0 Å². The molecule has 3 rings (SSSR count). The molecular weight excluding hydrogens is 482 g/mol. The van der Waals surface area contributed by atoms with E-state index in [1.165, 1.54) is 69.4 Å². The fraction of sp³-hybridized carbons (Fsp3) is 0.333. The summed E-state index contributed by atoms with van der Waals surface area (Å²) in [6.07, 6.45) is 7.94. The van der Waals surface area contributed by atoms with Crippen molar-refractivity contribution in [1.29, 1.82) is 0 Å². The van der Waals surface area contributed by atoms with E-state index in [9.17, 15) is 0 Å². The average Bonchev–Trinajstić information content (AvgIpc) is 2.74. The molecule has 0 nitrogen and oxygen atoms in total. The molecule has 0 heterocycles. The number of rotatable bonds is 9. The highest BCUT2D eigenvalue weighted by atomic mass is 127. The molecule has 0 radical (unpaired) electrons. The molecule has 0 aliphatic rings. The van der Waals surface area contributed by atoms with E-state index in [0.717, 1.165) is 0 Å². The summed E-state index contributed by atoms with van der Waals surface area (Å²) in [7, 11) is -0.115. The highest BCUT2D eigenvalue weighted by Gasteiger charge is 2.19. The molecule has 0 amide bonds. The van der Waals surface area contributed by atoms with Crippen LogP contribution in [0.4, 0.5) is 0 Å². The second-order valence-corrected chi connectivity index (χ2v) is 11.4. The highest BCUT2D eigenvalue weighted by Crippen LogP contribution is 2.43. The van der Waals surface area contributed by atoms with Crippen molar-refractivity contribution < 1.29 is 0 Å². The van der Waals surface area contributed by atoms with Crippen LogP contribution in [0.2, 0.25) is 0 Å². The minimum atomic E-state index is -0.115. The first-order valence-electron chi connectivity index (χ1n) is 10.9. The minimum absolute atomic E-state index is 0.115. The minimum Gasteiger partial charge on any atom is -0.0746 e. The molecule has 0 saturated carbocycles. The lowest BCUT2D eigenvalue weighted by molar-refractivity contribution is 0.871. The van der Waals surface area contributed by atoms with Gasteiger partial charge in [0.2, 0.25) is 0 Å². The van der Waals surface area contributed by atoms with Crippen LogP contribution in [0.15, 0.2) is 66.7 Å². The molecule has 0 spiro atoms. The van der Waals surface area contributed by atoms with Gasteiger partial charge >= 0.3 is 0 Å². The van der Waals surface area contributed by atoms with Crippen LogP contribution < -0.4 is 5.30 Å². The second-order valence-electron chi connectivity index (χ2n) is 7.72. The number of halogens is 1. The standard InChI is InChI=1S/C27H32IP/c1-4-6-17-29(18-7-5-2)26-16-12-11-15-24(26)27-21(3)19-23(28)20-25(27)22-13-9-8-10-14-22/h8-16,19-20H,4-7,17-18H2,1-3H3. The number of hydrogen-bond donors (Lipinski definition) is 0. The van der Waals surface area contributed by atoms with Crippen LogP contribution in [-0.2, 0) is 0 Å². The fourth-order valence-corrected chi connectivity index (χ4v) is 7.66. The quantitative estimate of drug-likeness (QED) is 0.198. The first-order chi connectivity index (χ1) is 14.2. The molecule has 0 saturated heterocycles. The van der Waals surface area contributed by atoms with Crippen molar-refractivity contribution in [2.75, 3.05) is 12.3 Å². The maximum atomic E-state index is 2.46. The zero-order chi connectivity index (χ0) is 20.6. The Morgan fingerprint density at radius 3 is 2.03 bits per heavy atom. The topological polar surface area (TPSA) is 0 Å². The van der Waals surface area contributed by atoms with E-state index in [1.807, 2.05) is 0 Å². The third-order valence-electron chi connectivity index (χ3n) is 5.46. The number of hydrogen-bond acceptors (Lipinski definition) is 0. The van der Waals surface area contributed by atoms with E-state index >= 15 is 0 Å². The fourth-order valence-electron chi connectivity index (χ4n) is 3.96. The van der Waals surface area contributed by atoms with Crippen molar-refractivity contribution in [1.82, 2.24) is 0 Å². The Kier molecular flexibility index (Phi) is 8.75. The summed E-state index contributed by atoms with van der Waals surface area (Å²) in [5.41, 5.74) is 6.93. The molecule has 0 N–H and O–H groups in total. The van der Waals surface area contributed by atoms with Gasteiger partial charge in [-0.15, -0.1) is 0 Å². The van der Waals surface area contributed by atoms with Gasteiger partial charge in [0.1, 0.15) is 0 Å². The summed E-state index contributed by atoms with van der Waals surface area (Å²) in [4.78, 5) is 0. The Balaban J connectivity index is 2.17. The Hall–Kier alpha value is -1.18. The summed E-state index contributed by atoms with van der Waals surface area (Å²) < 4.78 is 1.31. The molecule has 152 valence electrons. The molecule has 0 bridgehead atoms. The summed E-state index contributed by atoms with van der Waals surface area (Å²) in [6.45, 7) is 6.91. The van der Waals surface area contributed by atoms with Gasteiger partial charge in [0.05, 0.1) is 0 Å². The number of aryl methyl sites for hydroxylation is 1. The van der Waals surface area contributed by atoms with Crippen molar-refractivity contribution >= 4 is 35.8 Å². The lowest BCUT2D eigenvalue weighted by Crippen LogP contribution is -2.11. The number of unbranched alkanes of at least 4 members (excludes halogenated alkanes) is 2. The van der Waals surface area contributed by atoms with Crippen LogP contribution in [-0.4, -0.2) is 12.3 Å². The van der Waals surface area contributed by atoms with E-state index in [-0.39, 0.29) is 7.92 Å². The lowest BCUT2D eigenvalue weighted by Gasteiger charge is -2.24. The van der Waals surface area contributed by atoms with Crippen molar-refractivity contribution in [3.05, 3.63) is 75.9 Å². The molecule has 0 unspecified atom stereocenters. The molecule has 0 atom stereocenters. The van der Waals surface area contributed by atoms with Gasteiger partial charge in [-0.25, -0.2) is 0 Å². The molecule has 0 fully saturated rings. The van der Waals surface area contributed by atoms with E-state index in [2.05, 4.69) is 110 Å². The Morgan fingerprint density at radius 2 is 1.38 bits per heavy atom. The summed E-state index contributed by atoms with van der Waals surface area (Å²) in [5.74, 6) is 0. The summed E-state index contributed by atoms with van der Waals surface area (Å²) in [6, 6.07) is 24.8. The summed E-state index contributed by atoms with van der Waals surface area (Å²) in [5, 5.41) is 1.60. The highest BCUT2D eigenvalue weighted by molar-refractivity contribution is 14.1. The average molecular weight is 514 g/mol. The third-order valence-corrected chi connectivity index (χ3v) is 8.87. The monoisotopic (exact) mass is 514 g/mol. The Bertz CT molecular complexity index is 909. The van der Waals surface area contributed by atoms with Crippen LogP contribution in [0.3, 0.4) is 0 Å². The van der Waals surface area contributed by atoms with Gasteiger partial charge in [0.15, 0.2) is 0 Å². The van der Waals surface area contributed by atoms with Crippen molar-refractivity contribution in [3.63, 3.8) is 0 Å². The maximum Gasteiger partial charge on any atom is 0.0139 e. The van der Waals surface area contributed by atoms with Crippen LogP contribution >= 0.6 is 30.5 Å². The molecule has 0 aliphatic heterocycles. The molecular formula is C27H32IP. The van der Waals surface area contributed by atoms with Crippen LogP contribution in [0, 0.1) is 10.5 Å². The Morgan fingerprint density at radius 1 is 0.759 bits per heavy atom. The maximum absolute atomic E-state index is 2.46. The predicted molar refractivity (Wildman–Crippen MR) is 141 cm³/mol. The smallest absolute Gasteiger partial charge is 0.0139 e. The predicted octanol–water partition coefficient (Wildman–Crippen LogP) is 8.64. The first kappa shape index (κ1) is 22.5. The van der Waals surface area contributed by atoms with Gasteiger partial charge < -0.3 is 0 Å². The first-order valence-corrected chi connectivity index (χ1v) is 13.6. The Labute approximate surface area is 192 Å². The summed E-state index contributed by atoms with van der Waals surface area (Å²) >= 11 is 2.46. The van der Waals surface area contributed by atoms with E-state index in [4.69, 9.17) is 0 Å². The molecule has 2 heteroatoms. The van der Waals surface area contributed by atoms with E-state index < -0.39 is 0 Å². The van der Waals surface area contributed by atoms with E-state index in [0.29, 0.717) is 0 Å². The molecule has 29 heavy (non-hydrogen) atoms. The largest absolute Gasteiger partial charge is 0.0746 e. The normalized spacial score (nSPS) is 11.2. The van der Waals surface area contributed by atoms with Crippen LogP contribution in [0.25, 0.3) is 22.3 Å². The molecule has 0 aliphatic carbocycles. The van der Waals surface area contributed by atoms with Crippen molar-refractivity contribution in [3.8, 4) is 22.3 Å². The third kappa shape index (κ3) is 5.70. The van der Waals surface area contributed by atoms with Crippen molar-refractivity contribution in [2.24, 2.45) is 0 Å². The second kappa shape index (κ2) is 11.3. The molecule has 0 aromatic heterocycles. The van der Waals surface area contributed by atoms with Gasteiger partial charge in [0, 0.05) is 3.57 Å². The zero-order valence-corrected chi connectivity index (χ0v) is 21.0. The van der Waals surface area contributed by atoms with Gasteiger partial charge in [-0.3, -0.25) is 0 Å². The SMILES string of the molecule is CCCCP(CCCC)c1ccccc1-c1c(C)cc(I)cc1-c1ccccc1. The van der Waals surface area contributed by atoms with Crippen LogP contribution in [0.1, 0.15) is 45.1 Å². The lowest BCUT2D eigenvalue weighted by atomic mass is 9.91. The van der Waals surface area contributed by atoms with Crippen LogP contribution in [0.5, 0.6) is 0 Å². The molecule has 3 aromatic carbocycles. The zero-order valence-electron chi connectivity index (χ0n) is 17.9. The molecule has 3 aromatic rings. The van der Waals surface area contributed by atoms with Gasteiger partial charge in [-0.1, -0.05) is 89.2 Å². The van der Waals surface area contributed by atoms with Gasteiger partial charge in [-0.05, 0) is 99.9 Å².